The zero-order valence-electron chi connectivity index (χ0n) is 11.3. The quantitative estimate of drug-likeness (QED) is 0.684. The maximum Gasteiger partial charge on any atom is 0.0499 e. The van der Waals surface area contributed by atoms with Gasteiger partial charge in [-0.25, -0.2) is 0 Å². The second-order valence-corrected chi connectivity index (χ2v) is 5.10. The Morgan fingerprint density at radius 3 is 2.56 bits per heavy atom. The number of nitrogens with zero attached hydrogens (tertiary/aromatic N) is 1. The van der Waals surface area contributed by atoms with Crippen molar-refractivity contribution in [3.63, 3.8) is 0 Å². The van der Waals surface area contributed by atoms with Crippen LogP contribution < -0.4 is 0 Å². The van der Waals surface area contributed by atoms with E-state index < -0.39 is 0 Å². The van der Waals surface area contributed by atoms with Crippen LogP contribution >= 0.6 is 0 Å². The van der Waals surface area contributed by atoms with Gasteiger partial charge in [0.25, 0.3) is 0 Å². The Kier molecular flexibility index (Phi) is 5.19. The Labute approximate surface area is 111 Å². The molecule has 0 unspecified atom stereocenters. The van der Waals surface area contributed by atoms with Crippen molar-refractivity contribution in [2.75, 3.05) is 0 Å². The lowest BCUT2D eigenvalue weighted by atomic mass is 9.96. The fraction of sp³-hybridized carbons (Fsp3) is 0.471. The molecule has 1 aromatic rings. The van der Waals surface area contributed by atoms with Gasteiger partial charge < -0.3 is 0 Å². The molecule has 18 heavy (non-hydrogen) atoms. The van der Waals surface area contributed by atoms with E-state index in [2.05, 4.69) is 49.5 Å². The Hall–Kier alpha value is -1.37. The topological polar surface area (TPSA) is 12.4 Å². The van der Waals surface area contributed by atoms with Gasteiger partial charge in [-0.1, -0.05) is 55.7 Å². The molecule has 1 saturated carbocycles. The lowest BCUT2D eigenvalue weighted by molar-refractivity contribution is 0.444. The second kappa shape index (κ2) is 7.15. The van der Waals surface area contributed by atoms with E-state index in [-0.39, 0.29) is 0 Å². The van der Waals surface area contributed by atoms with Crippen molar-refractivity contribution in [1.29, 1.82) is 0 Å². The molecular formula is C17H23N. The molecule has 0 aliphatic heterocycles. The molecule has 0 N–H and O–H groups in total. The maximum atomic E-state index is 4.76. The third-order valence-corrected chi connectivity index (χ3v) is 3.65. The van der Waals surface area contributed by atoms with E-state index in [1.807, 2.05) is 0 Å². The smallest absolute Gasteiger partial charge is 0.0499 e. The Balaban J connectivity index is 1.91. The summed E-state index contributed by atoms with van der Waals surface area (Å²) >= 11 is 0. The molecular weight excluding hydrogens is 218 g/mol. The van der Waals surface area contributed by atoms with Gasteiger partial charge in [-0.2, -0.15) is 0 Å². The first kappa shape index (κ1) is 13.1. The summed E-state index contributed by atoms with van der Waals surface area (Å²) in [7, 11) is 0. The van der Waals surface area contributed by atoms with Gasteiger partial charge in [0.15, 0.2) is 0 Å². The predicted octanol–water partition coefficient (Wildman–Crippen LogP) is 4.58. The highest BCUT2D eigenvalue weighted by molar-refractivity contribution is 5.79. The van der Waals surface area contributed by atoms with E-state index in [0.717, 1.165) is 6.42 Å². The third-order valence-electron chi connectivity index (χ3n) is 3.65. The standard InChI is InChI=1S/C17H23N/c1-2-15(13-16-9-5-3-6-10-16)14-18-17-11-7-4-8-12-17/h2-3,5-6,9-10,14,17H,4,7-8,11-13H2,1H3/b15-2-,18-14?. The van der Waals surface area contributed by atoms with Gasteiger partial charge in [-0.3, -0.25) is 4.99 Å². The molecule has 0 saturated heterocycles. The highest BCUT2D eigenvalue weighted by Crippen LogP contribution is 2.20. The van der Waals surface area contributed by atoms with E-state index in [9.17, 15) is 0 Å². The lowest BCUT2D eigenvalue weighted by Gasteiger charge is -2.17. The summed E-state index contributed by atoms with van der Waals surface area (Å²) in [6.07, 6.45) is 11.9. The minimum absolute atomic E-state index is 0.574. The van der Waals surface area contributed by atoms with Crippen LogP contribution in [0.15, 0.2) is 47.0 Å². The van der Waals surface area contributed by atoms with Crippen LogP contribution in [-0.4, -0.2) is 12.3 Å². The molecule has 0 aromatic heterocycles. The maximum absolute atomic E-state index is 4.76. The van der Waals surface area contributed by atoms with Gasteiger partial charge in [0.2, 0.25) is 0 Å². The zero-order chi connectivity index (χ0) is 12.6. The summed E-state index contributed by atoms with van der Waals surface area (Å²) in [5.41, 5.74) is 2.69. The normalized spacial score (nSPS) is 18.4. The third kappa shape index (κ3) is 4.14. The van der Waals surface area contributed by atoms with E-state index in [1.165, 1.54) is 43.2 Å². The summed E-state index contributed by atoms with van der Waals surface area (Å²) < 4.78 is 0. The number of hydrogen-bond donors (Lipinski definition) is 0. The lowest BCUT2D eigenvalue weighted by Crippen LogP contribution is -2.10. The van der Waals surface area contributed by atoms with Crippen LogP contribution in [0.3, 0.4) is 0 Å². The molecule has 1 heteroatoms. The van der Waals surface area contributed by atoms with Crippen molar-refractivity contribution in [2.45, 2.75) is 51.5 Å². The van der Waals surface area contributed by atoms with Gasteiger partial charge in [0.05, 0.1) is 0 Å². The van der Waals surface area contributed by atoms with Crippen LogP contribution in [0.4, 0.5) is 0 Å². The van der Waals surface area contributed by atoms with E-state index in [1.54, 1.807) is 0 Å². The summed E-state index contributed by atoms with van der Waals surface area (Å²) in [6.45, 7) is 2.10. The molecule has 1 aromatic carbocycles. The first-order valence-electron chi connectivity index (χ1n) is 7.11. The molecule has 0 amide bonds. The van der Waals surface area contributed by atoms with Crippen molar-refractivity contribution < 1.29 is 0 Å². The first-order valence-corrected chi connectivity index (χ1v) is 7.11. The van der Waals surface area contributed by atoms with Crippen molar-refractivity contribution in [3.8, 4) is 0 Å². The molecule has 0 radical (unpaired) electrons. The number of allylic oxidation sites excluding steroid dienone is 2. The van der Waals surface area contributed by atoms with Gasteiger partial charge in [0, 0.05) is 12.3 Å². The molecule has 1 aliphatic carbocycles. The average molecular weight is 241 g/mol. The first-order chi connectivity index (χ1) is 8.88. The largest absolute Gasteiger partial charge is 0.290 e. The number of hydrogen-bond acceptors (Lipinski definition) is 1. The van der Waals surface area contributed by atoms with Gasteiger partial charge >= 0.3 is 0 Å². The highest BCUT2D eigenvalue weighted by atomic mass is 14.8. The van der Waals surface area contributed by atoms with Gasteiger partial charge in [-0.05, 0) is 37.3 Å². The van der Waals surface area contributed by atoms with Crippen molar-refractivity contribution in [3.05, 3.63) is 47.5 Å². The monoisotopic (exact) mass is 241 g/mol. The Bertz CT molecular complexity index is 397. The van der Waals surface area contributed by atoms with Gasteiger partial charge in [0.1, 0.15) is 0 Å². The zero-order valence-corrected chi connectivity index (χ0v) is 11.3. The minimum Gasteiger partial charge on any atom is -0.290 e. The highest BCUT2D eigenvalue weighted by Gasteiger charge is 2.10. The number of rotatable bonds is 4. The van der Waals surface area contributed by atoms with Crippen LogP contribution in [-0.2, 0) is 6.42 Å². The molecule has 0 bridgehead atoms. The Morgan fingerprint density at radius 1 is 1.17 bits per heavy atom. The summed E-state index contributed by atoms with van der Waals surface area (Å²) in [4.78, 5) is 4.76. The summed E-state index contributed by atoms with van der Waals surface area (Å²) in [5.74, 6) is 0. The van der Waals surface area contributed by atoms with Crippen LogP contribution in [0.5, 0.6) is 0 Å². The molecule has 2 rings (SSSR count). The van der Waals surface area contributed by atoms with Crippen molar-refractivity contribution in [2.24, 2.45) is 4.99 Å². The molecule has 1 nitrogen and oxygen atoms in total. The van der Waals surface area contributed by atoms with Crippen LogP contribution in [0.25, 0.3) is 0 Å². The SMILES string of the molecule is C/C=C(\C=NC1CCCCC1)Cc1ccccc1. The molecule has 0 heterocycles. The van der Waals surface area contributed by atoms with E-state index in [0.29, 0.717) is 6.04 Å². The minimum atomic E-state index is 0.574. The van der Waals surface area contributed by atoms with E-state index in [4.69, 9.17) is 4.99 Å². The fourth-order valence-corrected chi connectivity index (χ4v) is 2.49. The van der Waals surface area contributed by atoms with Crippen LogP contribution in [0.1, 0.15) is 44.6 Å². The van der Waals surface area contributed by atoms with Crippen molar-refractivity contribution >= 4 is 6.21 Å². The van der Waals surface area contributed by atoms with Gasteiger partial charge in [-0.15, -0.1) is 0 Å². The molecule has 1 fully saturated rings. The fourth-order valence-electron chi connectivity index (χ4n) is 2.49. The molecule has 96 valence electrons. The van der Waals surface area contributed by atoms with Crippen LogP contribution in [0.2, 0.25) is 0 Å². The summed E-state index contributed by atoms with van der Waals surface area (Å²) in [6, 6.07) is 11.2. The van der Waals surface area contributed by atoms with Crippen LogP contribution in [0, 0.1) is 0 Å². The molecule has 0 atom stereocenters. The second-order valence-electron chi connectivity index (χ2n) is 5.10. The van der Waals surface area contributed by atoms with Crippen molar-refractivity contribution in [1.82, 2.24) is 0 Å². The summed E-state index contributed by atoms with van der Waals surface area (Å²) in [5, 5.41) is 0. The molecule has 0 spiro atoms. The molecule has 1 aliphatic rings. The Morgan fingerprint density at radius 2 is 1.89 bits per heavy atom. The predicted molar refractivity (Wildman–Crippen MR) is 79.3 cm³/mol. The number of benzene rings is 1. The average Bonchev–Trinajstić information content (AvgIpc) is 2.45. The van der Waals surface area contributed by atoms with E-state index >= 15 is 0 Å². The number of aliphatic imine (C=N–C) groups is 1.